The molecule has 0 saturated carbocycles. The lowest BCUT2D eigenvalue weighted by molar-refractivity contribution is 0.317. The van der Waals surface area contributed by atoms with E-state index in [1.807, 2.05) is 12.1 Å². The molecule has 1 aromatic carbocycles. The van der Waals surface area contributed by atoms with Gasteiger partial charge in [-0.2, -0.15) is 0 Å². The fraction of sp³-hybridized carbons (Fsp3) is 0.571. The first-order valence-corrected chi connectivity index (χ1v) is 6.23. The molecule has 0 aromatic heterocycles. The number of rotatable bonds is 7. The van der Waals surface area contributed by atoms with Crippen LogP contribution in [-0.2, 0) is 0 Å². The van der Waals surface area contributed by atoms with Gasteiger partial charge in [0.05, 0.1) is 6.61 Å². The summed E-state index contributed by atoms with van der Waals surface area (Å²) < 4.78 is 5.59. The molecule has 1 atom stereocenters. The van der Waals surface area contributed by atoms with Gasteiger partial charge >= 0.3 is 0 Å². The summed E-state index contributed by atoms with van der Waals surface area (Å²) >= 11 is 0. The van der Waals surface area contributed by atoms with E-state index in [1.165, 1.54) is 6.42 Å². The van der Waals surface area contributed by atoms with Crippen molar-refractivity contribution in [3.8, 4) is 5.75 Å². The van der Waals surface area contributed by atoms with E-state index < -0.39 is 0 Å². The van der Waals surface area contributed by atoms with Crippen molar-refractivity contribution >= 4 is 5.69 Å². The Balaban J connectivity index is 2.46. The lowest BCUT2D eigenvalue weighted by Crippen LogP contribution is -2.10. The van der Waals surface area contributed by atoms with Gasteiger partial charge in [0.1, 0.15) is 5.75 Å². The van der Waals surface area contributed by atoms with E-state index >= 15 is 0 Å². The van der Waals surface area contributed by atoms with Gasteiger partial charge in [0.2, 0.25) is 0 Å². The second-order valence-corrected chi connectivity index (χ2v) is 4.27. The number of hydrogen-bond donors (Lipinski definition) is 1. The first-order chi connectivity index (χ1) is 7.76. The van der Waals surface area contributed by atoms with Crippen LogP contribution in [0.5, 0.6) is 5.75 Å². The Bertz CT molecular complexity index is 299. The third kappa shape index (κ3) is 4.56. The zero-order valence-electron chi connectivity index (χ0n) is 10.6. The van der Waals surface area contributed by atoms with Crippen LogP contribution in [0.4, 0.5) is 5.69 Å². The van der Waals surface area contributed by atoms with Crippen molar-refractivity contribution in [3.63, 3.8) is 0 Å². The van der Waals surface area contributed by atoms with Gasteiger partial charge in [-0.25, -0.2) is 0 Å². The maximum Gasteiger partial charge on any atom is 0.121 e. The van der Waals surface area contributed by atoms with Gasteiger partial charge in [0.25, 0.3) is 0 Å². The van der Waals surface area contributed by atoms with Crippen molar-refractivity contribution in [1.82, 2.24) is 0 Å². The molecule has 0 amide bonds. The summed E-state index contributed by atoms with van der Waals surface area (Å²) in [4.78, 5) is 0. The summed E-state index contributed by atoms with van der Waals surface area (Å²) in [7, 11) is 0. The van der Waals surface area contributed by atoms with Crippen LogP contribution >= 0.6 is 0 Å². The predicted octanol–water partition coefficient (Wildman–Crippen LogP) is 3.93. The molecule has 0 spiro atoms. The maximum atomic E-state index is 5.59. The average molecular weight is 221 g/mol. The van der Waals surface area contributed by atoms with Gasteiger partial charge in [-0.15, -0.1) is 0 Å². The highest BCUT2D eigenvalue weighted by atomic mass is 16.5. The van der Waals surface area contributed by atoms with E-state index in [0.29, 0.717) is 5.92 Å². The third-order valence-corrected chi connectivity index (χ3v) is 2.66. The van der Waals surface area contributed by atoms with E-state index in [1.54, 1.807) is 0 Å². The van der Waals surface area contributed by atoms with Crippen LogP contribution in [0.3, 0.4) is 0 Å². The molecule has 0 aliphatic rings. The Morgan fingerprint density at radius 3 is 2.81 bits per heavy atom. The third-order valence-electron chi connectivity index (χ3n) is 2.66. The molecular formula is C14H23NO. The lowest BCUT2D eigenvalue weighted by Gasteiger charge is -2.12. The Morgan fingerprint density at radius 2 is 2.12 bits per heavy atom. The molecule has 1 unspecified atom stereocenters. The fourth-order valence-electron chi connectivity index (χ4n) is 1.35. The average Bonchev–Trinajstić information content (AvgIpc) is 2.34. The molecule has 1 rings (SSSR count). The van der Waals surface area contributed by atoms with Crippen LogP contribution in [0.25, 0.3) is 0 Å². The van der Waals surface area contributed by atoms with E-state index in [0.717, 1.165) is 31.0 Å². The lowest BCUT2D eigenvalue weighted by atomic mass is 10.1. The molecule has 16 heavy (non-hydrogen) atoms. The SMILES string of the molecule is CCCOc1cccc(NCC(C)CC)c1. The standard InChI is InChI=1S/C14H23NO/c1-4-9-16-14-8-6-7-13(10-14)15-11-12(3)5-2/h6-8,10,12,15H,4-5,9,11H2,1-3H3. The van der Waals surface area contributed by atoms with Crippen molar-refractivity contribution in [1.29, 1.82) is 0 Å². The van der Waals surface area contributed by atoms with Crippen molar-refractivity contribution in [2.24, 2.45) is 5.92 Å². The summed E-state index contributed by atoms with van der Waals surface area (Å²) in [5.74, 6) is 1.66. The maximum absolute atomic E-state index is 5.59. The van der Waals surface area contributed by atoms with Gasteiger partial charge < -0.3 is 10.1 Å². The Morgan fingerprint density at radius 1 is 1.31 bits per heavy atom. The summed E-state index contributed by atoms with van der Waals surface area (Å²) in [6.45, 7) is 8.39. The van der Waals surface area contributed by atoms with Crippen LogP contribution in [0.2, 0.25) is 0 Å². The van der Waals surface area contributed by atoms with Crippen molar-refractivity contribution in [3.05, 3.63) is 24.3 Å². The number of benzene rings is 1. The van der Waals surface area contributed by atoms with E-state index in [4.69, 9.17) is 4.74 Å². The fourth-order valence-corrected chi connectivity index (χ4v) is 1.35. The highest BCUT2D eigenvalue weighted by Crippen LogP contribution is 2.18. The molecule has 0 aliphatic heterocycles. The van der Waals surface area contributed by atoms with E-state index in [2.05, 4.69) is 38.2 Å². The molecule has 0 fully saturated rings. The molecule has 0 heterocycles. The minimum Gasteiger partial charge on any atom is -0.494 e. The summed E-state index contributed by atoms with van der Waals surface area (Å²) in [5, 5.41) is 3.43. The van der Waals surface area contributed by atoms with Crippen LogP contribution in [-0.4, -0.2) is 13.2 Å². The van der Waals surface area contributed by atoms with Crippen molar-refractivity contribution in [2.45, 2.75) is 33.6 Å². The topological polar surface area (TPSA) is 21.3 Å². The number of anilines is 1. The first-order valence-electron chi connectivity index (χ1n) is 6.23. The molecule has 0 bridgehead atoms. The highest BCUT2D eigenvalue weighted by molar-refractivity contribution is 5.48. The predicted molar refractivity (Wildman–Crippen MR) is 70.2 cm³/mol. The summed E-state index contributed by atoms with van der Waals surface area (Å²) in [5.41, 5.74) is 1.15. The van der Waals surface area contributed by atoms with Gasteiger partial charge in [0.15, 0.2) is 0 Å². The van der Waals surface area contributed by atoms with Gasteiger partial charge in [-0.3, -0.25) is 0 Å². The minimum atomic E-state index is 0.709. The van der Waals surface area contributed by atoms with E-state index in [-0.39, 0.29) is 0 Å². The van der Waals surface area contributed by atoms with E-state index in [9.17, 15) is 0 Å². The molecule has 2 nitrogen and oxygen atoms in total. The van der Waals surface area contributed by atoms with Crippen molar-refractivity contribution in [2.75, 3.05) is 18.5 Å². The van der Waals surface area contributed by atoms with Gasteiger partial charge in [0, 0.05) is 18.3 Å². The summed E-state index contributed by atoms with van der Waals surface area (Å²) in [6.07, 6.45) is 2.25. The summed E-state index contributed by atoms with van der Waals surface area (Å²) in [6, 6.07) is 8.19. The quantitative estimate of drug-likeness (QED) is 0.753. The minimum absolute atomic E-state index is 0.709. The zero-order chi connectivity index (χ0) is 11.8. The largest absolute Gasteiger partial charge is 0.494 e. The zero-order valence-corrected chi connectivity index (χ0v) is 10.6. The molecule has 2 heteroatoms. The number of hydrogen-bond acceptors (Lipinski definition) is 2. The normalized spacial score (nSPS) is 12.2. The molecule has 1 N–H and O–H groups in total. The molecule has 90 valence electrons. The highest BCUT2D eigenvalue weighted by Gasteiger charge is 1.99. The second kappa shape index (κ2) is 7.15. The molecule has 0 radical (unpaired) electrons. The Labute approximate surface area is 99.0 Å². The number of ether oxygens (including phenoxy) is 1. The van der Waals surface area contributed by atoms with Crippen LogP contribution in [0.15, 0.2) is 24.3 Å². The first kappa shape index (κ1) is 12.9. The van der Waals surface area contributed by atoms with Crippen LogP contribution in [0.1, 0.15) is 33.6 Å². The molecule has 1 aromatic rings. The Kier molecular flexibility index (Phi) is 5.76. The monoisotopic (exact) mass is 221 g/mol. The second-order valence-electron chi connectivity index (χ2n) is 4.27. The molecular weight excluding hydrogens is 198 g/mol. The smallest absolute Gasteiger partial charge is 0.121 e. The van der Waals surface area contributed by atoms with Gasteiger partial charge in [-0.05, 0) is 24.5 Å². The molecule has 0 aliphatic carbocycles. The van der Waals surface area contributed by atoms with Crippen LogP contribution < -0.4 is 10.1 Å². The Hall–Kier alpha value is -1.18. The van der Waals surface area contributed by atoms with Crippen molar-refractivity contribution < 1.29 is 4.74 Å². The van der Waals surface area contributed by atoms with Crippen LogP contribution in [0, 0.1) is 5.92 Å². The van der Waals surface area contributed by atoms with Gasteiger partial charge in [-0.1, -0.05) is 33.3 Å². The number of nitrogens with one attached hydrogen (secondary N) is 1. The molecule has 0 saturated heterocycles.